The van der Waals surface area contributed by atoms with E-state index in [4.69, 9.17) is 9.47 Å². The fourth-order valence-corrected chi connectivity index (χ4v) is 9.58. The van der Waals surface area contributed by atoms with Gasteiger partial charge >= 0.3 is 0 Å². The Morgan fingerprint density at radius 3 is 2.00 bits per heavy atom. The third-order valence-corrected chi connectivity index (χ3v) is 11.9. The number of anilines is 6. The minimum Gasteiger partial charge on any atom is -0.453 e. The van der Waals surface area contributed by atoms with E-state index in [1.165, 1.54) is 36.5 Å². The second-order valence-electron chi connectivity index (χ2n) is 13.7. The molecule has 12 rings (SSSR count). The van der Waals surface area contributed by atoms with Gasteiger partial charge in [0.1, 0.15) is 5.69 Å². The van der Waals surface area contributed by atoms with Crippen LogP contribution in [0.3, 0.4) is 0 Å². The average Bonchev–Trinajstić information content (AvgIpc) is 3.77. The molecule has 0 spiro atoms. The summed E-state index contributed by atoms with van der Waals surface area (Å²) in [6.45, 7) is 0. The van der Waals surface area contributed by atoms with Crippen molar-refractivity contribution in [1.29, 1.82) is 0 Å². The molecule has 0 saturated heterocycles. The lowest BCUT2D eigenvalue weighted by Gasteiger charge is -2.38. The first kappa shape index (κ1) is 29.5. The highest BCUT2D eigenvalue weighted by atomic mass is 32.1. The molecule has 5 nitrogen and oxygen atoms in total. The topological polar surface area (TPSA) is 29.9 Å². The summed E-state index contributed by atoms with van der Waals surface area (Å²) in [6, 6.07) is 62.4. The summed E-state index contributed by atoms with van der Waals surface area (Å²) >= 11 is 1.84. The molecule has 2 aromatic heterocycles. The van der Waals surface area contributed by atoms with Crippen LogP contribution in [0.5, 0.6) is 23.0 Å². The van der Waals surface area contributed by atoms with Crippen molar-refractivity contribution in [2.45, 2.75) is 0 Å². The number of benzene rings is 8. The van der Waals surface area contributed by atoms with Crippen LogP contribution in [0.1, 0.15) is 0 Å². The fourth-order valence-electron chi connectivity index (χ4n) is 8.46. The van der Waals surface area contributed by atoms with Crippen molar-refractivity contribution in [3.8, 4) is 28.7 Å². The van der Waals surface area contributed by atoms with Gasteiger partial charge in [-0.1, -0.05) is 78.9 Å². The van der Waals surface area contributed by atoms with Crippen LogP contribution in [0.4, 0.5) is 34.1 Å². The van der Waals surface area contributed by atoms with E-state index in [0.29, 0.717) is 0 Å². The van der Waals surface area contributed by atoms with Crippen LogP contribution in [0, 0.1) is 0 Å². The fraction of sp³-hybridized carbons (Fsp3) is 0. The highest BCUT2D eigenvalue weighted by Crippen LogP contribution is 2.60. The highest BCUT2D eigenvalue weighted by Gasteiger charge is 2.35. The van der Waals surface area contributed by atoms with Crippen molar-refractivity contribution >= 4 is 87.4 Å². The van der Waals surface area contributed by atoms with E-state index in [9.17, 15) is 0 Å². The van der Waals surface area contributed by atoms with Gasteiger partial charge in [-0.25, -0.2) is 0 Å². The summed E-state index contributed by atoms with van der Waals surface area (Å²) in [5, 5.41) is 4.89. The number of hydrogen-bond acceptors (Lipinski definition) is 5. The van der Waals surface area contributed by atoms with Gasteiger partial charge in [-0.15, -0.1) is 11.3 Å². The molecule has 4 heterocycles. The molecule has 254 valence electrons. The number of rotatable bonds is 4. The zero-order valence-electron chi connectivity index (χ0n) is 28.8. The molecule has 10 aromatic rings. The quantitative estimate of drug-likeness (QED) is 0.182. The highest BCUT2D eigenvalue weighted by molar-refractivity contribution is 7.26. The van der Waals surface area contributed by atoms with Gasteiger partial charge in [0.25, 0.3) is 0 Å². The Morgan fingerprint density at radius 2 is 1.09 bits per heavy atom. The third kappa shape index (κ3) is 4.20. The van der Waals surface area contributed by atoms with Gasteiger partial charge in [-0.2, -0.15) is 0 Å². The Morgan fingerprint density at radius 1 is 0.444 bits per heavy atom. The van der Waals surface area contributed by atoms with E-state index < -0.39 is 0 Å². The molecule has 0 radical (unpaired) electrons. The molecule has 0 atom stereocenters. The number of ether oxygens (including phenoxy) is 2. The van der Waals surface area contributed by atoms with Gasteiger partial charge in [0, 0.05) is 48.4 Å². The number of fused-ring (bicyclic) bond motifs is 10. The number of para-hydroxylation sites is 5. The van der Waals surface area contributed by atoms with Crippen LogP contribution in [0.2, 0.25) is 0 Å². The molecule has 2 aliphatic heterocycles. The molecule has 0 N–H and O–H groups in total. The molecule has 0 fully saturated rings. The van der Waals surface area contributed by atoms with Gasteiger partial charge in [0.15, 0.2) is 23.0 Å². The summed E-state index contributed by atoms with van der Waals surface area (Å²) in [6.07, 6.45) is 0. The monoisotopic (exact) mass is 711 g/mol. The molecule has 54 heavy (non-hydrogen) atoms. The molecule has 6 heteroatoms. The maximum atomic E-state index is 6.78. The standard InChI is InChI=1S/C48H29N3O2S/c1-2-12-30(13-3-1)50-36-16-6-4-14-33(36)35-28-31(24-26-37(35)50)49(40-18-10-23-46-47(40)34-15-5-9-22-45(34)54-46)32-25-27-39-44(29-32)53-43-21-11-20-42-48(43)51(39)38-17-7-8-19-41(38)52-42/h1-29H. The smallest absolute Gasteiger partial charge is 0.155 e. The second-order valence-corrected chi connectivity index (χ2v) is 14.8. The molecule has 0 aliphatic carbocycles. The predicted octanol–water partition coefficient (Wildman–Crippen LogP) is 14.3. The summed E-state index contributed by atoms with van der Waals surface area (Å²) < 4.78 is 18.0. The molecule has 8 aromatic carbocycles. The molecule has 0 unspecified atom stereocenters. The number of thiophene rings is 1. The van der Waals surface area contributed by atoms with Crippen molar-refractivity contribution in [3.63, 3.8) is 0 Å². The van der Waals surface area contributed by atoms with Crippen LogP contribution in [0.25, 0.3) is 47.7 Å². The lowest BCUT2D eigenvalue weighted by Crippen LogP contribution is -2.20. The summed E-state index contributed by atoms with van der Waals surface area (Å²) in [7, 11) is 0. The molecular weight excluding hydrogens is 683 g/mol. The van der Waals surface area contributed by atoms with E-state index in [1.54, 1.807) is 0 Å². The Balaban J connectivity index is 1.11. The van der Waals surface area contributed by atoms with Gasteiger partial charge < -0.3 is 18.9 Å². The molecular formula is C48H29N3O2S. The van der Waals surface area contributed by atoms with Crippen LogP contribution >= 0.6 is 11.3 Å². The number of hydrogen-bond donors (Lipinski definition) is 0. The predicted molar refractivity (Wildman–Crippen MR) is 223 cm³/mol. The number of nitrogens with zero attached hydrogens (tertiary/aromatic N) is 3. The first-order valence-electron chi connectivity index (χ1n) is 18.1. The van der Waals surface area contributed by atoms with Crippen molar-refractivity contribution in [2.75, 3.05) is 9.80 Å². The van der Waals surface area contributed by atoms with Crippen molar-refractivity contribution in [2.24, 2.45) is 0 Å². The molecule has 2 aliphatic rings. The van der Waals surface area contributed by atoms with E-state index >= 15 is 0 Å². The first-order chi connectivity index (χ1) is 26.8. The van der Waals surface area contributed by atoms with E-state index in [-0.39, 0.29) is 0 Å². The van der Waals surface area contributed by atoms with Crippen molar-refractivity contribution in [1.82, 2.24) is 4.57 Å². The van der Waals surface area contributed by atoms with E-state index in [1.807, 2.05) is 41.7 Å². The Labute approximate surface area is 314 Å². The minimum absolute atomic E-state index is 0.763. The summed E-state index contributed by atoms with van der Waals surface area (Å²) in [5.74, 6) is 3.14. The van der Waals surface area contributed by atoms with Gasteiger partial charge in [0.2, 0.25) is 0 Å². The molecule has 0 bridgehead atoms. The summed E-state index contributed by atoms with van der Waals surface area (Å²) in [5.41, 5.74) is 9.55. The summed E-state index contributed by atoms with van der Waals surface area (Å²) in [4.78, 5) is 4.67. The van der Waals surface area contributed by atoms with Crippen LogP contribution in [-0.4, -0.2) is 4.57 Å². The lowest BCUT2D eigenvalue weighted by atomic mass is 10.0. The largest absolute Gasteiger partial charge is 0.453 e. The molecule has 0 saturated carbocycles. The normalized spacial score (nSPS) is 12.7. The van der Waals surface area contributed by atoms with Crippen molar-refractivity contribution < 1.29 is 9.47 Å². The average molecular weight is 712 g/mol. The minimum atomic E-state index is 0.763. The zero-order valence-corrected chi connectivity index (χ0v) is 29.6. The Kier molecular flexibility index (Phi) is 6.15. The maximum Gasteiger partial charge on any atom is 0.155 e. The van der Waals surface area contributed by atoms with Crippen LogP contribution < -0.4 is 19.3 Å². The first-order valence-corrected chi connectivity index (χ1v) is 18.9. The van der Waals surface area contributed by atoms with Crippen molar-refractivity contribution in [3.05, 3.63) is 176 Å². The van der Waals surface area contributed by atoms with Gasteiger partial charge in [0.05, 0.1) is 33.8 Å². The second kappa shape index (κ2) is 11.2. The van der Waals surface area contributed by atoms with Gasteiger partial charge in [-0.3, -0.25) is 4.90 Å². The van der Waals surface area contributed by atoms with E-state index in [0.717, 1.165) is 68.3 Å². The maximum absolute atomic E-state index is 6.78. The van der Waals surface area contributed by atoms with E-state index in [2.05, 4.69) is 160 Å². The number of aromatic nitrogens is 1. The van der Waals surface area contributed by atoms with Gasteiger partial charge in [-0.05, 0) is 91.0 Å². The third-order valence-electron chi connectivity index (χ3n) is 10.7. The lowest BCUT2D eigenvalue weighted by molar-refractivity contribution is 0.446. The Hall–Kier alpha value is -7.02. The van der Waals surface area contributed by atoms with Crippen LogP contribution in [-0.2, 0) is 0 Å². The Bertz CT molecular complexity index is 3150. The molecule has 0 amide bonds. The van der Waals surface area contributed by atoms with Crippen LogP contribution in [0.15, 0.2) is 176 Å². The zero-order chi connectivity index (χ0) is 35.3. The SMILES string of the molecule is c1ccc(-n2c3ccccc3c3cc(N(c4ccc5c(c4)Oc4cccc6c4N5c4ccccc4O6)c4cccc5sc6ccccc6c45)ccc32)cc1.